The lowest BCUT2D eigenvalue weighted by atomic mass is 10.1. The zero-order chi connectivity index (χ0) is 18.1. The molecule has 6 heteroatoms. The Balaban J connectivity index is 1.76. The predicted molar refractivity (Wildman–Crippen MR) is 106 cm³/mol. The van der Waals surface area contributed by atoms with Gasteiger partial charge in [-0.25, -0.2) is 9.97 Å². The number of nitrogens with two attached hydrogens (primary N) is 1. The summed E-state index contributed by atoms with van der Waals surface area (Å²) < 4.78 is 0. The molecule has 5 nitrogen and oxygen atoms in total. The molecular formula is C20H15N5S. The molecule has 2 aromatic heterocycles. The molecule has 0 amide bonds. The van der Waals surface area contributed by atoms with Gasteiger partial charge < -0.3 is 11.1 Å². The van der Waals surface area contributed by atoms with E-state index in [2.05, 4.69) is 34.3 Å². The van der Waals surface area contributed by atoms with Gasteiger partial charge in [0.1, 0.15) is 10.6 Å². The number of nitrogen functional groups attached to an aromatic ring is 1. The van der Waals surface area contributed by atoms with Crippen molar-refractivity contribution >= 4 is 38.1 Å². The van der Waals surface area contributed by atoms with Crippen LogP contribution in [0, 0.1) is 18.3 Å². The number of nitrogens with one attached hydrogen (secondary N) is 1. The van der Waals surface area contributed by atoms with E-state index in [1.54, 1.807) is 12.1 Å². The van der Waals surface area contributed by atoms with Gasteiger partial charge in [0.2, 0.25) is 0 Å². The molecule has 0 unspecified atom stereocenters. The van der Waals surface area contributed by atoms with E-state index in [1.165, 1.54) is 11.3 Å². The summed E-state index contributed by atoms with van der Waals surface area (Å²) in [6.07, 6.45) is 0. The highest BCUT2D eigenvalue weighted by Gasteiger charge is 2.12. The Morgan fingerprint density at radius 3 is 2.73 bits per heavy atom. The zero-order valence-corrected chi connectivity index (χ0v) is 14.8. The normalized spacial score (nSPS) is 10.6. The largest absolute Gasteiger partial charge is 0.383 e. The summed E-state index contributed by atoms with van der Waals surface area (Å²) in [5.74, 6) is 0.956. The maximum absolute atomic E-state index is 9.08. The minimum absolute atomic E-state index is 0.432. The van der Waals surface area contributed by atoms with Crippen molar-refractivity contribution in [2.75, 3.05) is 11.1 Å². The van der Waals surface area contributed by atoms with E-state index >= 15 is 0 Å². The van der Waals surface area contributed by atoms with Crippen molar-refractivity contribution in [3.8, 4) is 17.5 Å². The Morgan fingerprint density at radius 1 is 1.08 bits per heavy atom. The fourth-order valence-corrected chi connectivity index (χ4v) is 3.66. The third kappa shape index (κ3) is 2.96. The van der Waals surface area contributed by atoms with Gasteiger partial charge >= 0.3 is 0 Å². The van der Waals surface area contributed by atoms with Crippen molar-refractivity contribution in [1.82, 2.24) is 9.97 Å². The number of hydrogen-bond donors (Lipinski definition) is 2. The average Bonchev–Trinajstić information content (AvgIpc) is 3.07. The fourth-order valence-electron chi connectivity index (χ4n) is 2.71. The second-order valence-corrected chi connectivity index (χ2v) is 6.93. The predicted octanol–water partition coefficient (Wildman–Crippen LogP) is 4.86. The van der Waals surface area contributed by atoms with E-state index in [4.69, 9.17) is 11.0 Å². The van der Waals surface area contributed by atoms with E-state index in [-0.39, 0.29) is 0 Å². The van der Waals surface area contributed by atoms with Crippen molar-refractivity contribution in [3.63, 3.8) is 0 Å². The van der Waals surface area contributed by atoms with Crippen LogP contribution in [0.25, 0.3) is 21.6 Å². The third-order valence-corrected chi connectivity index (χ3v) is 5.02. The molecule has 0 spiro atoms. The number of thiophene rings is 1. The summed E-state index contributed by atoms with van der Waals surface area (Å²) in [5.41, 5.74) is 9.72. The minimum Gasteiger partial charge on any atom is -0.383 e. The highest BCUT2D eigenvalue weighted by molar-refractivity contribution is 7.22. The molecule has 4 aromatic rings. The van der Waals surface area contributed by atoms with Crippen molar-refractivity contribution in [1.29, 1.82) is 5.26 Å². The van der Waals surface area contributed by atoms with Crippen LogP contribution in [0.3, 0.4) is 0 Å². The molecule has 3 N–H and O–H groups in total. The Bertz CT molecular complexity index is 1160. The van der Waals surface area contributed by atoms with Crippen LogP contribution in [0.2, 0.25) is 0 Å². The molecule has 4 rings (SSSR count). The van der Waals surface area contributed by atoms with E-state index < -0.39 is 0 Å². The number of para-hydroxylation sites is 1. The average molecular weight is 357 g/mol. The zero-order valence-electron chi connectivity index (χ0n) is 14.0. The summed E-state index contributed by atoms with van der Waals surface area (Å²) in [5, 5.41) is 14.3. The lowest BCUT2D eigenvalue weighted by Gasteiger charge is -2.05. The first kappa shape index (κ1) is 16.1. The number of nitriles is 1. The molecular weight excluding hydrogens is 342 g/mol. The monoisotopic (exact) mass is 357 g/mol. The maximum Gasteiger partial charge on any atom is 0.163 e. The number of anilines is 3. The van der Waals surface area contributed by atoms with Crippen LogP contribution < -0.4 is 11.1 Å². The highest BCUT2D eigenvalue weighted by Crippen LogP contribution is 2.35. The molecule has 0 aliphatic rings. The Hall–Kier alpha value is -3.43. The number of hydrogen-bond acceptors (Lipinski definition) is 6. The highest BCUT2D eigenvalue weighted by atomic mass is 32.1. The van der Waals surface area contributed by atoms with Gasteiger partial charge in [-0.2, -0.15) is 5.26 Å². The van der Waals surface area contributed by atoms with Crippen LogP contribution in [-0.2, 0) is 0 Å². The second kappa shape index (κ2) is 6.47. The quantitative estimate of drug-likeness (QED) is 0.546. The Kier molecular flexibility index (Phi) is 3.99. The van der Waals surface area contributed by atoms with Crippen molar-refractivity contribution in [2.45, 2.75) is 6.92 Å². The summed E-state index contributed by atoms with van der Waals surface area (Å²) in [4.78, 5) is 9.88. The smallest absolute Gasteiger partial charge is 0.163 e. The first-order valence-electron chi connectivity index (χ1n) is 8.04. The molecule has 0 bridgehead atoms. The molecule has 0 aliphatic heterocycles. The lowest BCUT2D eigenvalue weighted by molar-refractivity contribution is 1.24. The molecule has 2 heterocycles. The van der Waals surface area contributed by atoms with Gasteiger partial charge in [0, 0.05) is 11.3 Å². The molecule has 0 saturated carbocycles. The van der Waals surface area contributed by atoms with Crippen LogP contribution in [-0.4, -0.2) is 9.97 Å². The molecule has 26 heavy (non-hydrogen) atoms. The maximum atomic E-state index is 9.08. The van der Waals surface area contributed by atoms with E-state index in [0.29, 0.717) is 17.2 Å². The standard InChI is InChI=1S/C20H15N5S/c1-12-5-2-3-8-16(12)23-17-10-15-18(22)24-19(25-20(15)26-17)14-7-4-6-13(9-14)11-21/h2-10,23H,1H3,(H2,22,24,25). The van der Waals surface area contributed by atoms with E-state index in [9.17, 15) is 0 Å². The molecule has 0 saturated heterocycles. The molecule has 0 atom stereocenters. The van der Waals surface area contributed by atoms with Crippen LogP contribution in [0.15, 0.2) is 54.6 Å². The van der Waals surface area contributed by atoms with Crippen molar-refractivity contribution < 1.29 is 0 Å². The summed E-state index contributed by atoms with van der Waals surface area (Å²) in [6.45, 7) is 2.06. The lowest BCUT2D eigenvalue weighted by Crippen LogP contribution is -1.96. The van der Waals surface area contributed by atoms with E-state index in [1.807, 2.05) is 36.4 Å². The minimum atomic E-state index is 0.432. The number of rotatable bonds is 3. The summed E-state index contributed by atoms with van der Waals surface area (Å²) in [7, 11) is 0. The number of nitrogens with zero attached hydrogens (tertiary/aromatic N) is 3. The van der Waals surface area contributed by atoms with Gasteiger partial charge in [-0.15, -0.1) is 0 Å². The Morgan fingerprint density at radius 2 is 1.92 bits per heavy atom. The number of aromatic nitrogens is 2. The summed E-state index contributed by atoms with van der Waals surface area (Å²) in [6, 6.07) is 19.4. The van der Waals surface area contributed by atoms with Gasteiger partial charge in [-0.05, 0) is 36.8 Å². The first-order chi connectivity index (χ1) is 12.6. The van der Waals surface area contributed by atoms with E-state index in [0.717, 1.165) is 32.0 Å². The van der Waals surface area contributed by atoms with Crippen molar-refractivity contribution in [3.05, 3.63) is 65.7 Å². The molecule has 0 aliphatic carbocycles. The SMILES string of the molecule is Cc1ccccc1Nc1cc2c(N)nc(-c3cccc(C#N)c3)nc2s1. The van der Waals surface area contributed by atoms with Gasteiger partial charge in [0.25, 0.3) is 0 Å². The number of fused-ring (bicyclic) bond motifs is 1. The van der Waals surface area contributed by atoms with Gasteiger partial charge in [-0.3, -0.25) is 0 Å². The van der Waals surface area contributed by atoms with Crippen LogP contribution in [0.1, 0.15) is 11.1 Å². The van der Waals surface area contributed by atoms with Crippen molar-refractivity contribution in [2.24, 2.45) is 0 Å². The summed E-state index contributed by atoms with van der Waals surface area (Å²) >= 11 is 1.53. The number of benzene rings is 2. The van der Waals surface area contributed by atoms with Gasteiger partial charge in [0.15, 0.2) is 5.82 Å². The first-order valence-corrected chi connectivity index (χ1v) is 8.86. The Labute approximate surface area is 154 Å². The van der Waals surface area contributed by atoms with Gasteiger partial charge in [0.05, 0.1) is 22.0 Å². The fraction of sp³-hybridized carbons (Fsp3) is 0.0500. The van der Waals surface area contributed by atoms with Crippen LogP contribution in [0.4, 0.5) is 16.5 Å². The topological polar surface area (TPSA) is 87.6 Å². The van der Waals surface area contributed by atoms with Crippen LogP contribution >= 0.6 is 11.3 Å². The second-order valence-electron chi connectivity index (χ2n) is 5.89. The van der Waals surface area contributed by atoms with Gasteiger partial charge in [-0.1, -0.05) is 41.7 Å². The van der Waals surface area contributed by atoms with Crippen LogP contribution in [0.5, 0.6) is 0 Å². The molecule has 2 aromatic carbocycles. The third-order valence-electron chi connectivity index (χ3n) is 4.08. The molecule has 0 radical (unpaired) electrons. The molecule has 0 fully saturated rings. The number of aryl methyl sites for hydroxylation is 1. The molecule has 126 valence electrons.